The van der Waals surface area contributed by atoms with E-state index in [0.29, 0.717) is 18.5 Å². The molecule has 4 nitrogen and oxygen atoms in total. The van der Waals surface area contributed by atoms with Crippen LogP contribution in [0, 0.1) is 0 Å². The molecule has 0 radical (unpaired) electrons. The van der Waals surface area contributed by atoms with E-state index in [1.165, 1.54) is 20.0 Å². The first-order valence-corrected chi connectivity index (χ1v) is 6.21. The molecule has 2 aliphatic rings. The van der Waals surface area contributed by atoms with Crippen molar-refractivity contribution in [1.82, 2.24) is 4.90 Å². The molecule has 16 heavy (non-hydrogen) atoms. The van der Waals surface area contributed by atoms with Crippen LogP contribution in [0.3, 0.4) is 0 Å². The summed E-state index contributed by atoms with van der Waals surface area (Å²) in [7, 11) is 1.43. The van der Waals surface area contributed by atoms with Gasteiger partial charge in [-0.15, -0.1) is 0 Å². The lowest BCUT2D eigenvalue weighted by molar-refractivity contribution is -0.140. The van der Waals surface area contributed by atoms with Crippen LogP contribution in [0.5, 0.6) is 0 Å². The Balaban J connectivity index is 1.76. The van der Waals surface area contributed by atoms with E-state index in [-0.39, 0.29) is 12.1 Å². The van der Waals surface area contributed by atoms with Crippen LogP contribution in [-0.4, -0.2) is 47.8 Å². The predicted molar refractivity (Wildman–Crippen MR) is 60.0 cm³/mol. The number of piperidine rings is 1. The molecule has 0 aromatic rings. The maximum atomic E-state index is 11.0. The van der Waals surface area contributed by atoms with Gasteiger partial charge in [0.15, 0.2) is 0 Å². The molecule has 0 aromatic heterocycles. The van der Waals surface area contributed by atoms with Gasteiger partial charge in [0.2, 0.25) is 0 Å². The van der Waals surface area contributed by atoms with Gasteiger partial charge in [-0.3, -0.25) is 9.69 Å². The Kier molecular flexibility index (Phi) is 3.82. The van der Waals surface area contributed by atoms with Gasteiger partial charge in [-0.05, 0) is 38.6 Å². The highest BCUT2D eigenvalue weighted by molar-refractivity contribution is 5.69. The fourth-order valence-electron chi connectivity index (χ4n) is 3.12. The quantitative estimate of drug-likeness (QED) is 0.726. The first kappa shape index (κ1) is 11.9. The number of methoxy groups -OCH3 is 1. The molecule has 0 spiro atoms. The molecule has 2 saturated heterocycles. The van der Waals surface area contributed by atoms with Crippen LogP contribution in [0.25, 0.3) is 0 Å². The highest BCUT2D eigenvalue weighted by Crippen LogP contribution is 2.35. The molecule has 2 fully saturated rings. The number of carbonyl (C=O) groups is 1. The Bertz CT molecular complexity index is 243. The zero-order valence-corrected chi connectivity index (χ0v) is 9.89. The maximum absolute atomic E-state index is 11.0. The number of rotatable bonds is 4. The third-order valence-corrected chi connectivity index (χ3v) is 3.88. The Hall–Kier alpha value is -0.610. The van der Waals surface area contributed by atoms with Crippen molar-refractivity contribution >= 4 is 5.97 Å². The number of carbonyl (C=O) groups excluding carboxylic acids is 1. The van der Waals surface area contributed by atoms with E-state index in [4.69, 9.17) is 0 Å². The number of ether oxygens (including phenoxy) is 1. The van der Waals surface area contributed by atoms with Crippen LogP contribution in [0.1, 0.15) is 38.5 Å². The number of esters is 1. The summed E-state index contributed by atoms with van der Waals surface area (Å²) in [6, 6.07) is 1.10. The van der Waals surface area contributed by atoms with Gasteiger partial charge < -0.3 is 9.84 Å². The summed E-state index contributed by atoms with van der Waals surface area (Å²) in [4.78, 5) is 13.5. The van der Waals surface area contributed by atoms with Gasteiger partial charge in [0, 0.05) is 18.5 Å². The molecule has 2 atom stereocenters. The van der Waals surface area contributed by atoms with E-state index in [0.717, 1.165) is 25.8 Å². The van der Waals surface area contributed by atoms with Crippen LogP contribution < -0.4 is 0 Å². The van der Waals surface area contributed by atoms with E-state index in [9.17, 15) is 9.90 Å². The molecule has 2 rings (SSSR count). The Labute approximate surface area is 96.6 Å². The first-order chi connectivity index (χ1) is 7.70. The molecular formula is C12H21NO3. The first-order valence-electron chi connectivity index (χ1n) is 6.21. The third kappa shape index (κ3) is 2.55. The lowest BCUT2D eigenvalue weighted by Gasteiger charge is -2.37. The summed E-state index contributed by atoms with van der Waals surface area (Å²) < 4.78 is 4.63. The average molecular weight is 227 g/mol. The Morgan fingerprint density at radius 2 is 2.00 bits per heavy atom. The number of fused-ring (bicyclic) bond motifs is 2. The van der Waals surface area contributed by atoms with Crippen molar-refractivity contribution in [2.24, 2.45) is 0 Å². The van der Waals surface area contributed by atoms with E-state index in [1.54, 1.807) is 0 Å². The monoisotopic (exact) mass is 227 g/mol. The van der Waals surface area contributed by atoms with E-state index in [1.807, 2.05) is 0 Å². The minimum atomic E-state index is -0.121. The van der Waals surface area contributed by atoms with Gasteiger partial charge in [-0.2, -0.15) is 0 Å². The summed E-state index contributed by atoms with van der Waals surface area (Å²) in [6.45, 7) is 0.969. The summed E-state index contributed by atoms with van der Waals surface area (Å²) in [5.74, 6) is -0.121. The summed E-state index contributed by atoms with van der Waals surface area (Å²) in [6.07, 6.45) is 5.52. The van der Waals surface area contributed by atoms with Gasteiger partial charge in [0.05, 0.1) is 13.2 Å². The normalized spacial score (nSPS) is 34.0. The lowest BCUT2D eigenvalue weighted by Crippen LogP contribution is -2.45. The highest BCUT2D eigenvalue weighted by atomic mass is 16.5. The van der Waals surface area contributed by atoms with Gasteiger partial charge >= 0.3 is 5.97 Å². The molecule has 2 heterocycles. The highest BCUT2D eigenvalue weighted by Gasteiger charge is 2.39. The zero-order chi connectivity index (χ0) is 11.5. The number of aliphatic hydroxyl groups excluding tert-OH is 1. The third-order valence-electron chi connectivity index (χ3n) is 3.88. The van der Waals surface area contributed by atoms with Crippen LogP contribution in [0.4, 0.5) is 0 Å². The lowest BCUT2D eigenvalue weighted by atomic mass is 9.99. The van der Waals surface area contributed by atoms with Crippen LogP contribution in [0.2, 0.25) is 0 Å². The van der Waals surface area contributed by atoms with Crippen molar-refractivity contribution < 1.29 is 14.6 Å². The van der Waals surface area contributed by atoms with Crippen molar-refractivity contribution in [3.8, 4) is 0 Å². The van der Waals surface area contributed by atoms with Crippen molar-refractivity contribution in [2.75, 3.05) is 13.7 Å². The maximum Gasteiger partial charge on any atom is 0.305 e. The predicted octanol–water partition coefficient (Wildman–Crippen LogP) is 0.927. The molecule has 0 amide bonds. The number of hydrogen-bond donors (Lipinski definition) is 1. The van der Waals surface area contributed by atoms with E-state index in [2.05, 4.69) is 9.64 Å². The summed E-state index contributed by atoms with van der Waals surface area (Å²) >= 11 is 0. The van der Waals surface area contributed by atoms with Crippen LogP contribution in [-0.2, 0) is 9.53 Å². The van der Waals surface area contributed by atoms with E-state index < -0.39 is 0 Å². The van der Waals surface area contributed by atoms with Gasteiger partial charge in [0.25, 0.3) is 0 Å². The molecule has 92 valence electrons. The number of aliphatic hydroxyl groups is 1. The van der Waals surface area contributed by atoms with Crippen molar-refractivity contribution in [3.63, 3.8) is 0 Å². The second kappa shape index (κ2) is 5.15. The number of nitrogens with zero attached hydrogens (tertiary/aromatic N) is 1. The fourth-order valence-corrected chi connectivity index (χ4v) is 3.12. The smallest absolute Gasteiger partial charge is 0.305 e. The molecule has 0 aliphatic carbocycles. The minimum absolute atomic E-state index is 0.102. The van der Waals surface area contributed by atoms with Gasteiger partial charge in [-0.1, -0.05) is 0 Å². The summed E-state index contributed by atoms with van der Waals surface area (Å²) in [5, 5.41) is 9.66. The second-order valence-corrected chi connectivity index (χ2v) is 4.93. The van der Waals surface area contributed by atoms with Crippen LogP contribution in [0.15, 0.2) is 0 Å². The van der Waals surface area contributed by atoms with Crippen molar-refractivity contribution in [2.45, 2.75) is 56.7 Å². The van der Waals surface area contributed by atoms with Gasteiger partial charge in [-0.25, -0.2) is 0 Å². The standard InChI is InChI=1S/C12H21NO3/c1-16-12(15)3-2-6-13-9-4-5-10(13)8-11(14)7-9/h9-11,14H,2-8H2,1H3. The number of hydrogen-bond acceptors (Lipinski definition) is 4. The summed E-state index contributed by atoms with van der Waals surface area (Å²) in [5.41, 5.74) is 0. The molecule has 2 unspecified atom stereocenters. The molecule has 0 saturated carbocycles. The van der Waals surface area contributed by atoms with Crippen molar-refractivity contribution in [1.29, 1.82) is 0 Å². The van der Waals surface area contributed by atoms with Gasteiger partial charge in [0.1, 0.15) is 0 Å². The molecule has 2 bridgehead atoms. The molecule has 1 N–H and O–H groups in total. The SMILES string of the molecule is COC(=O)CCCN1C2CCC1CC(O)C2. The molecule has 0 aromatic carbocycles. The molecule has 4 heteroatoms. The Morgan fingerprint density at radius 1 is 1.38 bits per heavy atom. The van der Waals surface area contributed by atoms with E-state index >= 15 is 0 Å². The molecular weight excluding hydrogens is 206 g/mol. The second-order valence-electron chi connectivity index (χ2n) is 4.93. The average Bonchev–Trinajstić information content (AvgIpc) is 2.51. The minimum Gasteiger partial charge on any atom is -0.469 e. The topological polar surface area (TPSA) is 49.8 Å². The molecule has 2 aliphatic heterocycles. The fraction of sp³-hybridized carbons (Fsp3) is 0.917. The zero-order valence-electron chi connectivity index (χ0n) is 9.89. The largest absolute Gasteiger partial charge is 0.469 e. The Morgan fingerprint density at radius 3 is 2.56 bits per heavy atom. The van der Waals surface area contributed by atoms with Crippen LogP contribution >= 0.6 is 0 Å². The van der Waals surface area contributed by atoms with Crippen molar-refractivity contribution in [3.05, 3.63) is 0 Å².